The second-order valence-corrected chi connectivity index (χ2v) is 5.30. The Labute approximate surface area is 107 Å². The second kappa shape index (κ2) is 4.55. The predicted molar refractivity (Wildman–Crippen MR) is 68.7 cm³/mol. The third-order valence-corrected chi connectivity index (χ3v) is 3.64. The summed E-state index contributed by atoms with van der Waals surface area (Å²) in [5.41, 5.74) is 1.29. The third-order valence-electron chi connectivity index (χ3n) is 3.64. The zero-order chi connectivity index (χ0) is 13.3. The molecule has 0 aliphatic carbocycles. The van der Waals surface area contributed by atoms with E-state index in [1.807, 2.05) is 26.8 Å². The van der Waals surface area contributed by atoms with Gasteiger partial charge >= 0.3 is 5.97 Å². The largest absolute Gasteiger partial charge is 0.481 e. The van der Waals surface area contributed by atoms with E-state index in [1.54, 1.807) is 0 Å². The Morgan fingerprint density at radius 3 is 2.22 bits per heavy atom. The molecule has 5 heteroatoms. The number of carboxylic acid groups (broad SMARTS) is 1. The van der Waals surface area contributed by atoms with Crippen LogP contribution in [0, 0.1) is 19.3 Å². The summed E-state index contributed by atoms with van der Waals surface area (Å²) in [6.45, 7) is 7.11. The number of nitrogens with zero attached hydrogens (tertiary/aromatic N) is 3. The highest BCUT2D eigenvalue weighted by atomic mass is 16.4. The van der Waals surface area contributed by atoms with Gasteiger partial charge in [0.1, 0.15) is 0 Å². The lowest BCUT2D eigenvalue weighted by Gasteiger charge is -2.36. The fourth-order valence-electron chi connectivity index (χ4n) is 2.26. The van der Waals surface area contributed by atoms with Crippen molar-refractivity contribution in [1.82, 2.24) is 9.97 Å². The van der Waals surface area contributed by atoms with Gasteiger partial charge in [0.15, 0.2) is 0 Å². The molecule has 1 N–H and O–H groups in total. The minimum Gasteiger partial charge on any atom is -0.481 e. The highest BCUT2D eigenvalue weighted by Gasteiger charge is 2.37. The van der Waals surface area contributed by atoms with Crippen molar-refractivity contribution in [1.29, 1.82) is 0 Å². The first kappa shape index (κ1) is 12.8. The van der Waals surface area contributed by atoms with Crippen molar-refractivity contribution in [2.75, 3.05) is 18.0 Å². The standard InChI is InChI=1S/C13H19N3O2/c1-9-8-10(2)15-12(14-9)16-6-4-13(3,5-7-16)11(17)18/h8H,4-7H2,1-3H3,(H,17,18). The molecule has 18 heavy (non-hydrogen) atoms. The molecule has 0 spiro atoms. The Bertz CT molecular complexity index is 445. The van der Waals surface area contributed by atoms with Gasteiger partial charge in [0.05, 0.1) is 5.41 Å². The summed E-state index contributed by atoms with van der Waals surface area (Å²) in [6.07, 6.45) is 1.28. The molecule has 2 rings (SSSR count). The fraction of sp³-hybridized carbons (Fsp3) is 0.615. The van der Waals surface area contributed by atoms with Gasteiger partial charge < -0.3 is 10.0 Å². The number of aryl methyl sites for hydroxylation is 2. The quantitative estimate of drug-likeness (QED) is 0.865. The molecule has 0 radical (unpaired) electrons. The van der Waals surface area contributed by atoms with Crippen molar-refractivity contribution in [2.45, 2.75) is 33.6 Å². The van der Waals surface area contributed by atoms with Crippen LogP contribution in [0.15, 0.2) is 6.07 Å². The molecule has 0 amide bonds. The minimum absolute atomic E-state index is 0.602. The first-order chi connectivity index (χ1) is 8.40. The highest BCUT2D eigenvalue weighted by molar-refractivity contribution is 5.74. The van der Waals surface area contributed by atoms with Gasteiger partial charge in [-0.15, -0.1) is 0 Å². The van der Waals surface area contributed by atoms with E-state index < -0.39 is 11.4 Å². The number of hydrogen-bond donors (Lipinski definition) is 1. The molecular weight excluding hydrogens is 230 g/mol. The highest BCUT2D eigenvalue weighted by Crippen LogP contribution is 2.32. The van der Waals surface area contributed by atoms with Crippen LogP contribution in [0.25, 0.3) is 0 Å². The maximum absolute atomic E-state index is 11.2. The van der Waals surface area contributed by atoms with Crippen LogP contribution in [0.5, 0.6) is 0 Å². The van der Waals surface area contributed by atoms with E-state index in [1.165, 1.54) is 0 Å². The molecule has 0 saturated carbocycles. The number of piperidine rings is 1. The maximum Gasteiger partial charge on any atom is 0.309 e. The molecule has 1 aromatic rings. The maximum atomic E-state index is 11.2. The lowest BCUT2D eigenvalue weighted by molar-refractivity contribution is -0.149. The number of carbonyl (C=O) groups is 1. The average Bonchev–Trinajstić information content (AvgIpc) is 2.28. The van der Waals surface area contributed by atoms with Crippen molar-refractivity contribution >= 4 is 11.9 Å². The average molecular weight is 249 g/mol. The van der Waals surface area contributed by atoms with Crippen LogP contribution in [0.1, 0.15) is 31.2 Å². The van der Waals surface area contributed by atoms with Crippen LogP contribution < -0.4 is 4.90 Å². The molecule has 0 bridgehead atoms. The smallest absolute Gasteiger partial charge is 0.309 e. The van der Waals surface area contributed by atoms with E-state index in [0.29, 0.717) is 25.9 Å². The van der Waals surface area contributed by atoms with E-state index in [9.17, 15) is 9.90 Å². The summed E-state index contributed by atoms with van der Waals surface area (Å²) in [5, 5.41) is 9.19. The summed E-state index contributed by atoms with van der Waals surface area (Å²) in [7, 11) is 0. The van der Waals surface area contributed by atoms with Crippen molar-refractivity contribution in [3.63, 3.8) is 0 Å². The van der Waals surface area contributed by atoms with Crippen LogP contribution in [0.4, 0.5) is 5.95 Å². The zero-order valence-electron chi connectivity index (χ0n) is 11.1. The van der Waals surface area contributed by atoms with Crippen LogP contribution in [0.2, 0.25) is 0 Å². The summed E-state index contributed by atoms with van der Waals surface area (Å²) >= 11 is 0. The topological polar surface area (TPSA) is 66.3 Å². The Hall–Kier alpha value is -1.65. The molecule has 1 aliphatic rings. The third kappa shape index (κ3) is 2.44. The lowest BCUT2D eigenvalue weighted by atomic mass is 9.80. The summed E-state index contributed by atoms with van der Waals surface area (Å²) < 4.78 is 0. The van der Waals surface area contributed by atoms with Crippen molar-refractivity contribution in [3.05, 3.63) is 17.5 Å². The van der Waals surface area contributed by atoms with Crippen LogP contribution in [0.3, 0.4) is 0 Å². The van der Waals surface area contributed by atoms with Crippen LogP contribution >= 0.6 is 0 Å². The molecule has 98 valence electrons. The molecule has 0 aromatic carbocycles. The van der Waals surface area contributed by atoms with E-state index >= 15 is 0 Å². The SMILES string of the molecule is Cc1cc(C)nc(N2CCC(C)(C(=O)O)CC2)n1. The molecule has 2 heterocycles. The number of hydrogen-bond acceptors (Lipinski definition) is 4. The van der Waals surface area contributed by atoms with Crippen molar-refractivity contribution in [2.24, 2.45) is 5.41 Å². The number of aliphatic carboxylic acids is 1. The normalized spacial score (nSPS) is 18.7. The van der Waals surface area contributed by atoms with Crippen molar-refractivity contribution < 1.29 is 9.90 Å². The first-order valence-corrected chi connectivity index (χ1v) is 6.21. The Kier molecular flexibility index (Phi) is 3.24. The van der Waals surface area contributed by atoms with Gasteiger partial charge in [0, 0.05) is 24.5 Å². The van der Waals surface area contributed by atoms with Gasteiger partial charge in [-0.3, -0.25) is 4.79 Å². The van der Waals surface area contributed by atoms with E-state index in [4.69, 9.17) is 0 Å². The number of rotatable bonds is 2. The van der Waals surface area contributed by atoms with E-state index in [2.05, 4.69) is 14.9 Å². The molecular formula is C13H19N3O2. The summed E-state index contributed by atoms with van der Waals surface area (Å²) in [6, 6.07) is 1.94. The minimum atomic E-state index is -0.705. The molecule has 1 aliphatic heterocycles. The Morgan fingerprint density at radius 1 is 1.28 bits per heavy atom. The molecule has 0 unspecified atom stereocenters. The summed E-state index contributed by atoms with van der Waals surface area (Å²) in [4.78, 5) is 22.1. The zero-order valence-corrected chi connectivity index (χ0v) is 11.1. The monoisotopic (exact) mass is 249 g/mol. The van der Waals surface area contributed by atoms with Gasteiger partial charge in [-0.1, -0.05) is 0 Å². The molecule has 1 aromatic heterocycles. The molecule has 0 atom stereocenters. The summed E-state index contributed by atoms with van der Waals surface area (Å²) in [5.74, 6) is 0.0171. The fourth-order valence-corrected chi connectivity index (χ4v) is 2.26. The predicted octanol–water partition coefficient (Wildman–Crippen LogP) is 1.78. The van der Waals surface area contributed by atoms with Gasteiger partial charge in [-0.05, 0) is 39.7 Å². The second-order valence-electron chi connectivity index (χ2n) is 5.30. The van der Waals surface area contributed by atoms with Crippen LogP contribution in [-0.2, 0) is 4.79 Å². The lowest BCUT2D eigenvalue weighted by Crippen LogP contribution is -2.43. The van der Waals surface area contributed by atoms with Crippen molar-refractivity contribution in [3.8, 4) is 0 Å². The molecule has 1 saturated heterocycles. The molecule has 5 nitrogen and oxygen atoms in total. The van der Waals surface area contributed by atoms with E-state index in [0.717, 1.165) is 17.3 Å². The Balaban J connectivity index is 2.12. The van der Waals surface area contributed by atoms with Crippen LogP contribution in [-0.4, -0.2) is 34.1 Å². The number of carboxylic acids is 1. The van der Waals surface area contributed by atoms with Gasteiger partial charge in [-0.2, -0.15) is 0 Å². The number of aromatic nitrogens is 2. The molecule has 1 fully saturated rings. The first-order valence-electron chi connectivity index (χ1n) is 6.21. The Morgan fingerprint density at radius 2 is 1.78 bits per heavy atom. The van der Waals surface area contributed by atoms with Gasteiger partial charge in [-0.25, -0.2) is 9.97 Å². The number of anilines is 1. The van der Waals surface area contributed by atoms with E-state index in [-0.39, 0.29) is 0 Å². The van der Waals surface area contributed by atoms with Gasteiger partial charge in [0.25, 0.3) is 0 Å². The van der Waals surface area contributed by atoms with Gasteiger partial charge in [0.2, 0.25) is 5.95 Å².